The fourth-order valence-corrected chi connectivity index (χ4v) is 2.55. The van der Waals surface area contributed by atoms with Crippen molar-refractivity contribution in [1.82, 2.24) is 0 Å². The summed E-state index contributed by atoms with van der Waals surface area (Å²) in [6.45, 7) is 0. The van der Waals surface area contributed by atoms with Gasteiger partial charge in [0.1, 0.15) is 5.82 Å². The van der Waals surface area contributed by atoms with Gasteiger partial charge in [0.25, 0.3) is 0 Å². The highest BCUT2D eigenvalue weighted by atomic mass is 19.2. The number of halogens is 3. The van der Waals surface area contributed by atoms with Crippen molar-refractivity contribution in [3.63, 3.8) is 0 Å². The van der Waals surface area contributed by atoms with Crippen molar-refractivity contribution in [3.8, 4) is 0 Å². The second-order valence-corrected chi connectivity index (χ2v) is 4.91. The van der Waals surface area contributed by atoms with E-state index in [1.807, 2.05) is 0 Å². The van der Waals surface area contributed by atoms with Crippen molar-refractivity contribution in [2.24, 2.45) is 0 Å². The number of allylic oxidation sites excluding steroid dienone is 1. The summed E-state index contributed by atoms with van der Waals surface area (Å²) >= 11 is 0. The average Bonchev–Trinajstić information content (AvgIpc) is 2.49. The lowest BCUT2D eigenvalue weighted by Crippen LogP contribution is -2.32. The van der Waals surface area contributed by atoms with Gasteiger partial charge in [0, 0.05) is 28.5 Å². The molecule has 5 nitrogen and oxygen atoms in total. The van der Waals surface area contributed by atoms with E-state index < -0.39 is 40.3 Å². The lowest BCUT2D eigenvalue weighted by molar-refractivity contribution is -0.526. The summed E-state index contributed by atoms with van der Waals surface area (Å²) in [4.78, 5) is 22.0. The highest BCUT2D eigenvalue weighted by Gasteiger charge is 2.39. The van der Waals surface area contributed by atoms with Gasteiger partial charge in [-0.15, -0.1) is 0 Å². The van der Waals surface area contributed by atoms with Crippen LogP contribution in [-0.4, -0.2) is 24.0 Å². The Bertz CT molecular complexity index is 660. The van der Waals surface area contributed by atoms with Gasteiger partial charge in [-0.1, -0.05) is 6.08 Å². The van der Waals surface area contributed by atoms with Crippen molar-refractivity contribution < 1.29 is 27.6 Å². The van der Waals surface area contributed by atoms with Crippen LogP contribution < -0.4 is 0 Å². The van der Waals surface area contributed by atoms with Crippen molar-refractivity contribution in [3.05, 3.63) is 56.9 Å². The number of hydrogen-bond donors (Lipinski definition) is 0. The largest absolute Gasteiger partial charge is 0.466 e. The predicted molar refractivity (Wildman–Crippen MR) is 69.2 cm³/mol. The number of rotatable bonds is 3. The Labute approximate surface area is 123 Å². The molecule has 0 radical (unpaired) electrons. The minimum Gasteiger partial charge on any atom is -0.466 e. The monoisotopic (exact) mass is 315 g/mol. The molecule has 0 spiro atoms. The SMILES string of the molecule is COC(=O)C1=CC[C@@H](c2cc(F)c(F)cc2F)[C@H]([N+](=O)[O-])C1. The molecule has 0 N–H and O–H groups in total. The Morgan fingerprint density at radius 2 is 1.91 bits per heavy atom. The van der Waals surface area contributed by atoms with Gasteiger partial charge in [-0.25, -0.2) is 18.0 Å². The Hall–Kier alpha value is -2.38. The van der Waals surface area contributed by atoms with Crippen molar-refractivity contribution in [2.75, 3.05) is 7.11 Å². The second kappa shape index (κ2) is 6.17. The molecule has 0 aliphatic heterocycles. The highest BCUT2D eigenvalue weighted by Crippen LogP contribution is 2.36. The van der Waals surface area contributed by atoms with Crippen LogP contribution in [0.3, 0.4) is 0 Å². The van der Waals surface area contributed by atoms with Crippen LogP contribution in [0.2, 0.25) is 0 Å². The van der Waals surface area contributed by atoms with Crippen LogP contribution in [0.4, 0.5) is 13.2 Å². The molecule has 118 valence electrons. The van der Waals surface area contributed by atoms with E-state index >= 15 is 0 Å². The fraction of sp³-hybridized carbons (Fsp3) is 0.357. The number of methoxy groups -OCH3 is 1. The zero-order valence-electron chi connectivity index (χ0n) is 11.5. The number of ether oxygens (including phenoxy) is 1. The Kier molecular flexibility index (Phi) is 4.48. The minimum absolute atomic E-state index is 0.0436. The van der Waals surface area contributed by atoms with Crippen LogP contribution in [0.25, 0.3) is 0 Å². The third-order valence-electron chi connectivity index (χ3n) is 3.67. The first-order valence-electron chi connectivity index (χ1n) is 6.40. The maximum atomic E-state index is 13.8. The Balaban J connectivity index is 2.42. The molecule has 1 aliphatic rings. The van der Waals surface area contributed by atoms with Crippen LogP contribution in [0.1, 0.15) is 24.3 Å². The lowest BCUT2D eigenvalue weighted by Gasteiger charge is -2.25. The number of hydrogen-bond acceptors (Lipinski definition) is 4. The van der Waals surface area contributed by atoms with Crippen LogP contribution in [-0.2, 0) is 9.53 Å². The molecule has 1 aromatic carbocycles. The summed E-state index contributed by atoms with van der Waals surface area (Å²) in [5.74, 6) is -5.37. The van der Waals surface area contributed by atoms with Crippen LogP contribution in [0.15, 0.2) is 23.8 Å². The van der Waals surface area contributed by atoms with E-state index in [1.165, 1.54) is 6.08 Å². The molecule has 2 rings (SSSR count). The van der Waals surface area contributed by atoms with Gasteiger partial charge in [0.15, 0.2) is 11.6 Å². The summed E-state index contributed by atoms with van der Waals surface area (Å²) in [6, 6.07) is -0.331. The maximum Gasteiger partial charge on any atom is 0.333 e. The normalized spacial score (nSPS) is 21.2. The molecule has 0 amide bonds. The zero-order valence-corrected chi connectivity index (χ0v) is 11.5. The first-order chi connectivity index (χ1) is 10.3. The van der Waals surface area contributed by atoms with Crippen LogP contribution in [0, 0.1) is 27.6 Å². The van der Waals surface area contributed by atoms with Gasteiger partial charge in [0.2, 0.25) is 6.04 Å². The smallest absolute Gasteiger partial charge is 0.333 e. The van der Waals surface area contributed by atoms with E-state index in [9.17, 15) is 28.1 Å². The third kappa shape index (κ3) is 2.95. The molecule has 0 aromatic heterocycles. The lowest BCUT2D eigenvalue weighted by atomic mass is 9.80. The quantitative estimate of drug-likeness (QED) is 0.372. The summed E-state index contributed by atoms with van der Waals surface area (Å²) in [5, 5.41) is 11.2. The standard InChI is InChI=1S/C14H12F3NO4/c1-22-14(19)7-2-3-8(13(4-7)18(20)21)9-5-11(16)12(17)6-10(9)15/h2,5-6,8,13H,3-4H2,1H3/t8-,13+/m0/s1. The minimum atomic E-state index is -1.36. The maximum absolute atomic E-state index is 13.8. The van der Waals surface area contributed by atoms with Gasteiger partial charge < -0.3 is 4.74 Å². The molecule has 2 atom stereocenters. The van der Waals surface area contributed by atoms with Gasteiger partial charge in [-0.05, 0) is 12.5 Å². The van der Waals surface area contributed by atoms with Gasteiger partial charge >= 0.3 is 5.97 Å². The molecule has 0 heterocycles. The number of carbonyl (C=O) groups excluding carboxylic acids is 1. The number of esters is 1. The molecule has 0 unspecified atom stereocenters. The van der Waals surface area contributed by atoms with E-state index in [0.29, 0.717) is 12.1 Å². The molecule has 0 saturated heterocycles. The number of carbonyl (C=O) groups is 1. The van der Waals surface area contributed by atoms with E-state index in [2.05, 4.69) is 4.74 Å². The molecule has 22 heavy (non-hydrogen) atoms. The number of benzene rings is 1. The number of nitrogens with zero attached hydrogens (tertiary/aromatic N) is 1. The van der Waals surface area contributed by atoms with Gasteiger partial charge in [-0.2, -0.15) is 0 Å². The van der Waals surface area contributed by atoms with E-state index in [-0.39, 0.29) is 24.0 Å². The van der Waals surface area contributed by atoms with Gasteiger partial charge in [-0.3, -0.25) is 10.1 Å². The molecule has 8 heteroatoms. The van der Waals surface area contributed by atoms with E-state index in [0.717, 1.165) is 7.11 Å². The van der Waals surface area contributed by atoms with Gasteiger partial charge in [0.05, 0.1) is 13.0 Å². The predicted octanol–water partition coefficient (Wildman–Crippen LogP) is 2.73. The first-order valence-corrected chi connectivity index (χ1v) is 6.40. The molecule has 1 aliphatic carbocycles. The van der Waals surface area contributed by atoms with Crippen LogP contribution >= 0.6 is 0 Å². The molecular weight excluding hydrogens is 303 g/mol. The zero-order chi connectivity index (χ0) is 16.4. The Morgan fingerprint density at radius 3 is 2.50 bits per heavy atom. The van der Waals surface area contributed by atoms with Crippen LogP contribution in [0.5, 0.6) is 0 Å². The fourth-order valence-electron chi connectivity index (χ4n) is 2.55. The molecule has 0 saturated carbocycles. The van der Waals surface area contributed by atoms with E-state index in [1.54, 1.807) is 0 Å². The second-order valence-electron chi connectivity index (χ2n) is 4.91. The molecule has 0 bridgehead atoms. The average molecular weight is 315 g/mol. The first kappa shape index (κ1) is 16.0. The summed E-state index contributed by atoms with van der Waals surface area (Å²) in [6.07, 6.45) is 1.10. The summed E-state index contributed by atoms with van der Waals surface area (Å²) in [5.41, 5.74) is -0.163. The Morgan fingerprint density at radius 1 is 1.27 bits per heavy atom. The molecule has 1 aromatic rings. The summed E-state index contributed by atoms with van der Waals surface area (Å²) in [7, 11) is 1.14. The molecular formula is C14H12F3NO4. The highest BCUT2D eigenvalue weighted by molar-refractivity contribution is 5.88. The topological polar surface area (TPSA) is 69.4 Å². The molecule has 0 fully saturated rings. The van der Waals surface area contributed by atoms with Crippen molar-refractivity contribution in [2.45, 2.75) is 24.8 Å². The van der Waals surface area contributed by atoms with Crippen molar-refractivity contribution in [1.29, 1.82) is 0 Å². The number of nitro groups is 1. The van der Waals surface area contributed by atoms with E-state index in [4.69, 9.17) is 0 Å². The third-order valence-corrected chi connectivity index (χ3v) is 3.67. The summed E-state index contributed by atoms with van der Waals surface area (Å²) < 4.78 is 44.6. The van der Waals surface area contributed by atoms with Crippen molar-refractivity contribution >= 4 is 5.97 Å².